The van der Waals surface area contributed by atoms with Crippen molar-refractivity contribution in [2.45, 2.75) is 48.5 Å². The van der Waals surface area contributed by atoms with Crippen molar-refractivity contribution in [1.82, 2.24) is 0 Å². The Morgan fingerprint density at radius 3 is 1.09 bits per heavy atom. The molecule has 0 N–H and O–H groups in total. The van der Waals surface area contributed by atoms with E-state index in [-0.39, 0.29) is 11.6 Å². The molecule has 0 bridgehead atoms. The molecule has 0 spiro atoms. The van der Waals surface area contributed by atoms with E-state index < -0.39 is 0 Å². The van der Waals surface area contributed by atoms with Crippen molar-refractivity contribution >= 4 is 23.7 Å². The van der Waals surface area contributed by atoms with Gasteiger partial charge in [-0.15, -0.1) is 0 Å². The first-order chi connectivity index (χ1) is 16.1. The number of allylic oxidation sites excluding steroid dienone is 2. The van der Waals surface area contributed by atoms with Gasteiger partial charge in [-0.2, -0.15) is 0 Å². The van der Waals surface area contributed by atoms with Crippen molar-refractivity contribution in [1.29, 1.82) is 0 Å². The fourth-order valence-electron chi connectivity index (χ4n) is 2.21. The van der Waals surface area contributed by atoms with Gasteiger partial charge in [0, 0.05) is 5.56 Å². The smallest absolute Gasteiger partial charge is 0.178 e. The molecule has 0 aliphatic heterocycles. The minimum Gasteiger partial charge on any atom is -0.295 e. The van der Waals surface area contributed by atoms with Gasteiger partial charge in [0.05, 0.1) is 0 Å². The van der Waals surface area contributed by atoms with E-state index in [9.17, 15) is 9.59 Å². The van der Waals surface area contributed by atoms with Crippen molar-refractivity contribution in [2.24, 2.45) is 0 Å². The number of hydrogen-bond acceptors (Lipinski definition) is 2. The second-order valence-corrected chi connectivity index (χ2v) is 5.81. The Morgan fingerprint density at radius 2 is 0.818 bits per heavy atom. The van der Waals surface area contributed by atoms with Crippen molar-refractivity contribution in [3.63, 3.8) is 0 Å². The van der Waals surface area contributed by atoms with Gasteiger partial charge in [0.1, 0.15) is 0 Å². The van der Waals surface area contributed by atoms with Gasteiger partial charge in [0.25, 0.3) is 0 Å². The highest BCUT2D eigenvalue weighted by Gasteiger charge is 1.93. The lowest BCUT2D eigenvalue weighted by Gasteiger charge is -1.91. The third-order valence-corrected chi connectivity index (χ3v) is 3.66. The summed E-state index contributed by atoms with van der Waals surface area (Å²) in [6, 6.07) is 28.8. The molecule has 0 fully saturated rings. The van der Waals surface area contributed by atoms with Crippen molar-refractivity contribution in [2.75, 3.05) is 0 Å². The van der Waals surface area contributed by atoms with Crippen molar-refractivity contribution < 1.29 is 9.59 Å². The van der Waals surface area contributed by atoms with Gasteiger partial charge in [-0.3, -0.25) is 9.59 Å². The fourth-order valence-corrected chi connectivity index (χ4v) is 2.21. The molecule has 2 nitrogen and oxygen atoms in total. The van der Waals surface area contributed by atoms with E-state index in [1.807, 2.05) is 145 Å². The topological polar surface area (TPSA) is 34.1 Å². The van der Waals surface area contributed by atoms with Crippen molar-refractivity contribution in [3.8, 4) is 0 Å². The average Bonchev–Trinajstić information content (AvgIpc) is 2.92. The van der Waals surface area contributed by atoms with Crippen molar-refractivity contribution in [3.05, 3.63) is 120 Å². The Hall–Kier alpha value is -3.52. The number of carbonyl (C=O) groups is 2. The van der Waals surface area contributed by atoms with E-state index in [2.05, 4.69) is 0 Å². The third-order valence-electron chi connectivity index (χ3n) is 3.66. The minimum atomic E-state index is -0.0114. The number of hydrogen-bond donors (Lipinski definition) is 0. The van der Waals surface area contributed by atoms with Crippen LogP contribution < -0.4 is 0 Å². The number of carbonyl (C=O) groups excluding carboxylic acids is 2. The van der Waals surface area contributed by atoms with Crippen LogP contribution in [0.2, 0.25) is 0 Å². The maximum atomic E-state index is 11.6. The van der Waals surface area contributed by atoms with Crippen LogP contribution in [-0.2, 0) is 4.79 Å². The van der Waals surface area contributed by atoms with Crippen LogP contribution in [0.15, 0.2) is 103 Å². The normalized spacial score (nSPS) is 9.06. The van der Waals surface area contributed by atoms with Gasteiger partial charge >= 0.3 is 0 Å². The number of benzene rings is 3. The summed E-state index contributed by atoms with van der Waals surface area (Å²) in [5.41, 5.74) is 2.83. The molecule has 0 atom stereocenters. The van der Waals surface area contributed by atoms with Crippen LogP contribution in [0, 0.1) is 0 Å². The monoisotopic (exact) mass is 444 g/mol. The second kappa shape index (κ2) is 23.1. The first-order valence-corrected chi connectivity index (χ1v) is 11.7. The van der Waals surface area contributed by atoms with Crippen LogP contribution in [0.5, 0.6) is 0 Å². The molecule has 176 valence electrons. The van der Waals surface area contributed by atoms with E-state index in [4.69, 9.17) is 0 Å². The van der Waals surface area contributed by atoms with E-state index >= 15 is 0 Å². The Bertz CT molecular complexity index is 842. The molecule has 0 aliphatic carbocycles. The van der Waals surface area contributed by atoms with Crippen LogP contribution in [0.1, 0.15) is 70.0 Å². The summed E-state index contributed by atoms with van der Waals surface area (Å²) < 4.78 is 0. The highest BCUT2D eigenvalue weighted by molar-refractivity contribution is 6.04. The van der Waals surface area contributed by atoms with Crippen LogP contribution in [-0.4, -0.2) is 11.6 Å². The fraction of sp³-hybridized carbons (Fsp3) is 0.226. The highest BCUT2D eigenvalue weighted by atomic mass is 16.1. The maximum absolute atomic E-state index is 11.6. The lowest BCUT2D eigenvalue weighted by atomic mass is 10.1. The summed E-state index contributed by atoms with van der Waals surface area (Å²) in [6.45, 7) is 13.6. The third kappa shape index (κ3) is 16.8. The lowest BCUT2D eigenvalue weighted by molar-refractivity contribution is -0.110. The quantitative estimate of drug-likeness (QED) is 0.291. The maximum Gasteiger partial charge on any atom is 0.178 e. The first kappa shape index (κ1) is 31.7. The molecule has 0 saturated carbocycles. The Labute approximate surface area is 201 Å². The average molecular weight is 445 g/mol. The summed E-state index contributed by atoms with van der Waals surface area (Å²) in [7, 11) is 0. The molecular formula is C31H40O2. The summed E-state index contributed by atoms with van der Waals surface area (Å²) in [6.07, 6.45) is 6.79. The van der Waals surface area contributed by atoms with Crippen LogP contribution >= 0.6 is 0 Å². The van der Waals surface area contributed by atoms with E-state index in [0.29, 0.717) is 0 Å². The molecule has 0 saturated heterocycles. The summed E-state index contributed by atoms with van der Waals surface area (Å²) in [5.74, 6) is 0.110. The van der Waals surface area contributed by atoms with E-state index in [1.54, 1.807) is 19.1 Å². The Kier molecular flexibility index (Phi) is 22.2. The zero-order chi connectivity index (χ0) is 25.3. The minimum absolute atomic E-state index is 0.0114. The van der Waals surface area contributed by atoms with Crippen LogP contribution in [0.25, 0.3) is 12.2 Å². The zero-order valence-corrected chi connectivity index (χ0v) is 21.3. The molecular weight excluding hydrogens is 404 g/mol. The molecule has 33 heavy (non-hydrogen) atoms. The summed E-state index contributed by atoms with van der Waals surface area (Å²) in [4.78, 5) is 22.3. The van der Waals surface area contributed by atoms with Gasteiger partial charge < -0.3 is 0 Å². The molecule has 0 aromatic heterocycles. The lowest BCUT2D eigenvalue weighted by Crippen LogP contribution is -1.88. The predicted octanol–water partition coefficient (Wildman–Crippen LogP) is 8.95. The molecule has 0 aliphatic rings. The molecule has 0 radical (unpaired) electrons. The standard InChI is InChI=1S/C17H14O.C8H8O.3C2H6/c18-17(13-11-15-7-3-1-4-8-15)14-12-16-9-5-2-6-10-16;1-7(9)8-5-3-2-4-6-8;3*1-2/h1-14H;2-6H,1H3;3*1-2H3/b13-11+,14-12+;;;;. The second-order valence-electron chi connectivity index (χ2n) is 5.81. The highest BCUT2D eigenvalue weighted by Crippen LogP contribution is 2.03. The summed E-state index contributed by atoms with van der Waals surface area (Å²) >= 11 is 0. The zero-order valence-electron chi connectivity index (χ0n) is 21.3. The van der Waals surface area contributed by atoms with E-state index in [0.717, 1.165) is 16.7 Å². The molecule has 0 unspecified atom stereocenters. The summed E-state index contributed by atoms with van der Waals surface area (Å²) in [5, 5.41) is 0. The van der Waals surface area contributed by atoms with E-state index in [1.165, 1.54) is 0 Å². The SMILES string of the molecule is CC.CC.CC.CC(=O)c1ccccc1.O=C(/C=C/c1ccccc1)/C=C/c1ccccc1. The van der Waals surface area contributed by atoms with Gasteiger partial charge in [-0.1, -0.05) is 145 Å². The Morgan fingerprint density at radius 1 is 0.515 bits per heavy atom. The Balaban J connectivity index is 0. The molecule has 0 amide bonds. The molecule has 0 heterocycles. The molecule has 3 aromatic rings. The van der Waals surface area contributed by atoms with Gasteiger partial charge in [-0.25, -0.2) is 0 Å². The number of rotatable bonds is 5. The molecule has 2 heteroatoms. The van der Waals surface area contributed by atoms with Crippen LogP contribution in [0.4, 0.5) is 0 Å². The van der Waals surface area contributed by atoms with Gasteiger partial charge in [0.2, 0.25) is 0 Å². The largest absolute Gasteiger partial charge is 0.295 e. The molecule has 3 aromatic carbocycles. The number of ketones is 2. The molecule has 3 rings (SSSR count). The first-order valence-electron chi connectivity index (χ1n) is 11.7. The van der Waals surface area contributed by atoms with Gasteiger partial charge in [-0.05, 0) is 30.2 Å². The number of Topliss-reactive ketones (excluding diaryl/α,β-unsaturated/α-hetero) is 1. The van der Waals surface area contributed by atoms with Gasteiger partial charge in [0.15, 0.2) is 11.6 Å². The van der Waals surface area contributed by atoms with Crippen LogP contribution in [0.3, 0.4) is 0 Å². The predicted molar refractivity (Wildman–Crippen MR) is 146 cm³/mol.